The maximum absolute atomic E-state index is 6.90. The van der Waals surface area contributed by atoms with Gasteiger partial charge >= 0.3 is 0 Å². The van der Waals surface area contributed by atoms with E-state index in [1.54, 1.807) is 6.08 Å². The number of ether oxygens (including phenoxy) is 6. The topological polar surface area (TPSA) is 55.4 Å². The predicted octanol–water partition coefficient (Wildman–Crippen LogP) is 8.50. The molecule has 0 aromatic heterocycles. The number of rotatable bonds is 18. The Hall–Kier alpha value is -4.40. The van der Waals surface area contributed by atoms with E-state index < -0.39 is 36.6 Å². The predicted molar refractivity (Wildman–Crippen MR) is 195 cm³/mol. The van der Waals surface area contributed by atoms with Crippen LogP contribution >= 0.6 is 0 Å². The lowest BCUT2D eigenvalue weighted by Gasteiger charge is -2.49. The Morgan fingerprint density at radius 1 is 0.320 bits per heavy atom. The van der Waals surface area contributed by atoms with Gasteiger partial charge in [-0.25, -0.2) is 0 Å². The second kappa shape index (κ2) is 19.1. The average Bonchev–Trinajstić information content (AvgIpc) is 3.18. The molecular formula is C44H46O6. The van der Waals surface area contributed by atoms with Crippen LogP contribution in [-0.4, -0.2) is 43.2 Å². The molecule has 1 fully saturated rings. The van der Waals surface area contributed by atoms with Crippen LogP contribution in [0.5, 0.6) is 0 Å². The molecule has 6 nitrogen and oxygen atoms in total. The molecule has 50 heavy (non-hydrogen) atoms. The van der Waals surface area contributed by atoms with E-state index in [0.717, 1.165) is 27.8 Å². The Balaban J connectivity index is 1.40. The van der Waals surface area contributed by atoms with E-state index in [9.17, 15) is 0 Å². The van der Waals surface area contributed by atoms with Gasteiger partial charge in [-0.2, -0.15) is 0 Å². The Bertz CT molecular complexity index is 1550. The molecule has 1 aliphatic rings. The molecule has 0 amide bonds. The molecule has 5 aromatic rings. The molecular weight excluding hydrogens is 624 g/mol. The Labute approximate surface area is 296 Å². The van der Waals surface area contributed by atoms with Crippen molar-refractivity contribution in [3.63, 3.8) is 0 Å². The fourth-order valence-corrected chi connectivity index (χ4v) is 6.27. The molecule has 0 bridgehead atoms. The van der Waals surface area contributed by atoms with Crippen LogP contribution in [0.3, 0.4) is 0 Å². The largest absolute Gasteiger partial charge is 0.369 e. The van der Waals surface area contributed by atoms with Crippen molar-refractivity contribution >= 4 is 0 Å². The molecule has 1 saturated carbocycles. The van der Waals surface area contributed by atoms with E-state index in [4.69, 9.17) is 28.4 Å². The van der Waals surface area contributed by atoms with Crippen molar-refractivity contribution in [1.29, 1.82) is 0 Å². The first-order chi connectivity index (χ1) is 24.8. The van der Waals surface area contributed by atoms with Gasteiger partial charge in [-0.05, 0) is 27.8 Å². The van der Waals surface area contributed by atoms with Crippen LogP contribution in [0.15, 0.2) is 164 Å². The monoisotopic (exact) mass is 670 g/mol. The molecule has 0 spiro atoms. The summed E-state index contributed by atoms with van der Waals surface area (Å²) in [6, 6.07) is 50.7. The van der Waals surface area contributed by atoms with E-state index in [1.165, 1.54) is 0 Å². The summed E-state index contributed by atoms with van der Waals surface area (Å²) >= 11 is 0. The Morgan fingerprint density at radius 3 is 0.720 bits per heavy atom. The summed E-state index contributed by atoms with van der Waals surface area (Å²) in [4.78, 5) is 0. The average molecular weight is 671 g/mol. The van der Waals surface area contributed by atoms with Gasteiger partial charge in [0, 0.05) is 0 Å². The molecule has 0 aliphatic heterocycles. The van der Waals surface area contributed by atoms with Gasteiger partial charge in [0.15, 0.2) is 0 Å². The first kappa shape index (κ1) is 35.4. The molecule has 6 heteroatoms. The van der Waals surface area contributed by atoms with Crippen LogP contribution in [-0.2, 0) is 61.5 Å². The fraction of sp³-hybridized carbons (Fsp3) is 0.273. The highest BCUT2D eigenvalue weighted by atomic mass is 16.6. The first-order valence-electron chi connectivity index (χ1n) is 17.3. The molecule has 6 atom stereocenters. The molecule has 0 radical (unpaired) electrons. The van der Waals surface area contributed by atoms with Gasteiger partial charge in [-0.1, -0.05) is 158 Å². The van der Waals surface area contributed by atoms with Crippen LogP contribution in [0.2, 0.25) is 0 Å². The second-order valence-electron chi connectivity index (χ2n) is 12.4. The highest BCUT2D eigenvalue weighted by molar-refractivity contribution is 5.18. The third kappa shape index (κ3) is 10.1. The minimum absolute atomic E-state index is 0.299. The van der Waals surface area contributed by atoms with E-state index in [1.807, 2.05) is 91.0 Å². The lowest BCUT2D eigenvalue weighted by atomic mass is 9.83. The van der Waals surface area contributed by atoms with Crippen LogP contribution < -0.4 is 0 Å². The zero-order valence-electron chi connectivity index (χ0n) is 28.4. The van der Waals surface area contributed by atoms with E-state index >= 15 is 0 Å². The van der Waals surface area contributed by atoms with Crippen molar-refractivity contribution in [2.75, 3.05) is 6.61 Å². The van der Waals surface area contributed by atoms with Gasteiger partial charge in [0.2, 0.25) is 0 Å². The molecule has 0 heterocycles. The van der Waals surface area contributed by atoms with E-state index in [0.29, 0.717) is 39.6 Å². The minimum atomic E-state index is -0.576. The maximum atomic E-state index is 6.90. The smallest absolute Gasteiger partial charge is 0.116 e. The van der Waals surface area contributed by atoms with Crippen molar-refractivity contribution in [2.45, 2.75) is 69.7 Å². The van der Waals surface area contributed by atoms with Gasteiger partial charge in [0.25, 0.3) is 0 Å². The third-order valence-electron chi connectivity index (χ3n) is 8.78. The summed E-state index contributed by atoms with van der Waals surface area (Å²) < 4.78 is 41.0. The lowest BCUT2D eigenvalue weighted by molar-refractivity contribution is -0.289. The van der Waals surface area contributed by atoms with Crippen LogP contribution in [0, 0.1) is 0 Å². The molecule has 1 aliphatic carbocycles. The van der Waals surface area contributed by atoms with Crippen LogP contribution in [0.25, 0.3) is 0 Å². The molecule has 0 saturated heterocycles. The second-order valence-corrected chi connectivity index (χ2v) is 12.4. The van der Waals surface area contributed by atoms with Gasteiger partial charge in [0.1, 0.15) is 36.6 Å². The normalized spacial score (nSPS) is 21.8. The quantitative estimate of drug-likeness (QED) is 0.0872. The van der Waals surface area contributed by atoms with Gasteiger partial charge < -0.3 is 28.4 Å². The Morgan fingerprint density at radius 2 is 0.520 bits per heavy atom. The SMILES string of the molecule is C=CCOC1[C@H](OCc2ccccc2)[C@H](OCc2ccccc2)C(OCc2ccccc2)[C@H](OCc2ccccc2)[C@H]1OCc1ccccc1. The number of benzene rings is 5. The first-order valence-corrected chi connectivity index (χ1v) is 17.3. The van der Waals surface area contributed by atoms with Gasteiger partial charge in [-0.3, -0.25) is 0 Å². The maximum Gasteiger partial charge on any atom is 0.116 e. The number of hydrogen-bond acceptors (Lipinski definition) is 6. The third-order valence-corrected chi connectivity index (χ3v) is 8.78. The molecule has 6 rings (SSSR count). The summed E-state index contributed by atoms with van der Waals surface area (Å²) in [7, 11) is 0. The summed E-state index contributed by atoms with van der Waals surface area (Å²) in [6.45, 7) is 6.05. The molecule has 0 N–H and O–H groups in total. The zero-order chi connectivity index (χ0) is 34.2. The fourth-order valence-electron chi connectivity index (χ4n) is 6.27. The lowest BCUT2D eigenvalue weighted by Crippen LogP contribution is -2.67. The summed E-state index contributed by atoms with van der Waals surface area (Å²) in [5.74, 6) is 0. The van der Waals surface area contributed by atoms with Crippen molar-refractivity contribution in [3.05, 3.63) is 192 Å². The van der Waals surface area contributed by atoms with E-state index in [2.05, 4.69) is 67.2 Å². The highest BCUT2D eigenvalue weighted by Crippen LogP contribution is 2.36. The standard InChI is InChI=1S/C44H46O6/c1-2-28-45-39-40(46-29-34-18-8-3-9-19-34)42(48-31-36-22-12-5-13-23-36)44(50-33-38-26-16-7-17-27-38)43(49-32-37-24-14-6-15-25-37)41(39)47-30-35-20-10-4-11-21-35/h2-27,39-44H,1,28-33H2/t39?,40-,41-,42-,43+,44?/m0/s1. The van der Waals surface area contributed by atoms with E-state index in [-0.39, 0.29) is 0 Å². The van der Waals surface area contributed by atoms with Crippen LogP contribution in [0.4, 0.5) is 0 Å². The van der Waals surface area contributed by atoms with Crippen LogP contribution in [0.1, 0.15) is 27.8 Å². The minimum Gasteiger partial charge on any atom is -0.369 e. The molecule has 2 unspecified atom stereocenters. The van der Waals surface area contributed by atoms with Crippen molar-refractivity contribution in [2.24, 2.45) is 0 Å². The highest BCUT2D eigenvalue weighted by Gasteiger charge is 2.55. The summed E-state index contributed by atoms with van der Waals surface area (Å²) in [5.41, 5.74) is 5.22. The van der Waals surface area contributed by atoms with Gasteiger partial charge in [-0.15, -0.1) is 6.58 Å². The number of hydrogen-bond donors (Lipinski definition) is 0. The van der Waals surface area contributed by atoms with Crippen molar-refractivity contribution in [3.8, 4) is 0 Å². The Kier molecular flexibility index (Phi) is 13.5. The summed E-state index contributed by atoms with van der Waals surface area (Å²) in [6.07, 6.45) is -1.69. The van der Waals surface area contributed by atoms with Gasteiger partial charge in [0.05, 0.1) is 39.6 Å². The van der Waals surface area contributed by atoms with Crippen molar-refractivity contribution in [1.82, 2.24) is 0 Å². The molecule has 5 aromatic carbocycles. The van der Waals surface area contributed by atoms with Crippen molar-refractivity contribution < 1.29 is 28.4 Å². The zero-order valence-corrected chi connectivity index (χ0v) is 28.4. The molecule has 258 valence electrons. The summed E-state index contributed by atoms with van der Waals surface area (Å²) in [5, 5.41) is 0.